The minimum absolute atomic E-state index is 0.0785. The molecule has 6 heteroatoms. The highest BCUT2D eigenvalue weighted by atomic mass is 35.5. The first kappa shape index (κ1) is 17.0. The smallest absolute Gasteiger partial charge is 0.337 e. The number of halogens is 1. The molecule has 1 aromatic carbocycles. The van der Waals surface area contributed by atoms with Crippen molar-refractivity contribution in [2.45, 2.75) is 19.4 Å². The summed E-state index contributed by atoms with van der Waals surface area (Å²) >= 11 is 5.82. The van der Waals surface area contributed by atoms with Crippen molar-refractivity contribution < 1.29 is 14.3 Å². The number of ether oxygens (including phenoxy) is 1. The largest absolute Gasteiger partial charge is 0.465 e. The zero-order valence-electron chi connectivity index (χ0n) is 12.7. The molecule has 0 aliphatic rings. The average molecular weight is 333 g/mol. The fourth-order valence-corrected chi connectivity index (χ4v) is 2.13. The number of hydrogen-bond acceptors (Lipinski definition) is 4. The summed E-state index contributed by atoms with van der Waals surface area (Å²) < 4.78 is 4.65. The monoisotopic (exact) mass is 332 g/mol. The number of nitrogens with zero attached hydrogens (tertiary/aromatic N) is 1. The van der Waals surface area contributed by atoms with Crippen molar-refractivity contribution >= 4 is 23.5 Å². The highest BCUT2D eigenvalue weighted by Crippen LogP contribution is 2.11. The van der Waals surface area contributed by atoms with Gasteiger partial charge in [0.2, 0.25) is 5.91 Å². The Hall–Kier alpha value is -2.40. The van der Waals surface area contributed by atoms with Crippen molar-refractivity contribution in [2.24, 2.45) is 0 Å². The van der Waals surface area contributed by atoms with Crippen LogP contribution in [0, 0.1) is 0 Å². The van der Waals surface area contributed by atoms with E-state index in [9.17, 15) is 9.59 Å². The van der Waals surface area contributed by atoms with Gasteiger partial charge >= 0.3 is 5.97 Å². The lowest BCUT2D eigenvalue weighted by molar-refractivity contribution is -0.121. The molecule has 1 heterocycles. The van der Waals surface area contributed by atoms with E-state index < -0.39 is 5.97 Å². The van der Waals surface area contributed by atoms with Crippen molar-refractivity contribution in [3.05, 3.63) is 64.4 Å². The number of rotatable bonds is 6. The van der Waals surface area contributed by atoms with Gasteiger partial charge in [0.15, 0.2) is 0 Å². The maximum absolute atomic E-state index is 11.9. The van der Waals surface area contributed by atoms with Crippen molar-refractivity contribution in [3.63, 3.8) is 0 Å². The Bertz CT molecular complexity index is 686. The Morgan fingerprint density at radius 3 is 2.65 bits per heavy atom. The average Bonchev–Trinajstić information content (AvgIpc) is 2.59. The second kappa shape index (κ2) is 8.29. The summed E-state index contributed by atoms with van der Waals surface area (Å²) in [4.78, 5) is 27.4. The van der Waals surface area contributed by atoms with Gasteiger partial charge in [-0.3, -0.25) is 9.78 Å². The van der Waals surface area contributed by atoms with Crippen LogP contribution in [0.4, 0.5) is 0 Å². The molecular weight excluding hydrogens is 316 g/mol. The minimum Gasteiger partial charge on any atom is -0.465 e. The number of nitrogens with one attached hydrogen (secondary N) is 1. The molecular formula is C17H17ClN2O3. The van der Waals surface area contributed by atoms with Gasteiger partial charge < -0.3 is 10.1 Å². The minimum atomic E-state index is -0.428. The Kier molecular flexibility index (Phi) is 6.11. The van der Waals surface area contributed by atoms with Crippen molar-refractivity contribution in [1.82, 2.24) is 10.3 Å². The fraction of sp³-hybridized carbons (Fsp3) is 0.235. The van der Waals surface area contributed by atoms with E-state index in [1.165, 1.54) is 13.3 Å². The first-order valence-electron chi connectivity index (χ1n) is 7.13. The van der Waals surface area contributed by atoms with Gasteiger partial charge in [0.05, 0.1) is 24.9 Å². The van der Waals surface area contributed by atoms with Gasteiger partial charge in [-0.15, -0.1) is 0 Å². The zero-order chi connectivity index (χ0) is 16.7. The van der Waals surface area contributed by atoms with Crippen LogP contribution in [-0.4, -0.2) is 24.0 Å². The van der Waals surface area contributed by atoms with Crippen LogP contribution in [0.2, 0.25) is 5.02 Å². The molecule has 2 aromatic rings. The molecule has 0 saturated carbocycles. The number of aryl methyl sites for hydroxylation is 1. The number of methoxy groups -OCH3 is 1. The van der Waals surface area contributed by atoms with E-state index in [1.807, 2.05) is 12.1 Å². The van der Waals surface area contributed by atoms with E-state index in [0.29, 0.717) is 29.1 Å². The summed E-state index contributed by atoms with van der Waals surface area (Å²) in [6.45, 7) is 0.268. The first-order valence-corrected chi connectivity index (χ1v) is 7.50. The molecule has 0 aliphatic carbocycles. The quantitative estimate of drug-likeness (QED) is 0.826. The van der Waals surface area contributed by atoms with Gasteiger partial charge in [-0.05, 0) is 36.2 Å². The number of amides is 1. The first-order chi connectivity index (χ1) is 11.1. The Labute approximate surface area is 139 Å². The van der Waals surface area contributed by atoms with E-state index in [2.05, 4.69) is 15.0 Å². The summed E-state index contributed by atoms with van der Waals surface area (Å²) in [5.41, 5.74) is 2.07. The summed E-state index contributed by atoms with van der Waals surface area (Å²) in [6, 6.07) is 10.6. The number of hydrogen-bond donors (Lipinski definition) is 1. The molecule has 5 nitrogen and oxygen atoms in total. The number of pyridine rings is 1. The number of esters is 1. The SMILES string of the molecule is COC(=O)c1ccnc(CNC(=O)CCc2ccc(Cl)cc2)c1. The predicted molar refractivity (Wildman–Crippen MR) is 87.2 cm³/mol. The molecule has 0 fully saturated rings. The molecule has 0 radical (unpaired) electrons. The maximum atomic E-state index is 11.9. The van der Waals surface area contributed by atoms with Crippen LogP contribution < -0.4 is 5.32 Å². The third-order valence-corrected chi connectivity index (χ3v) is 3.51. The lowest BCUT2D eigenvalue weighted by atomic mass is 10.1. The molecule has 23 heavy (non-hydrogen) atoms. The van der Waals surface area contributed by atoms with Gasteiger partial charge in [-0.2, -0.15) is 0 Å². The number of benzene rings is 1. The molecule has 1 aromatic heterocycles. The molecule has 1 amide bonds. The maximum Gasteiger partial charge on any atom is 0.337 e. The standard InChI is InChI=1S/C17H17ClN2O3/c1-23-17(22)13-8-9-19-15(10-13)11-20-16(21)7-4-12-2-5-14(18)6-3-12/h2-3,5-6,8-10H,4,7,11H2,1H3,(H,20,21). The third kappa shape index (κ3) is 5.38. The zero-order valence-corrected chi connectivity index (χ0v) is 13.5. The summed E-state index contributed by atoms with van der Waals surface area (Å²) in [7, 11) is 1.32. The van der Waals surface area contributed by atoms with Gasteiger partial charge in [-0.25, -0.2) is 4.79 Å². The Morgan fingerprint density at radius 2 is 1.96 bits per heavy atom. The number of carbonyl (C=O) groups excluding carboxylic acids is 2. The van der Waals surface area contributed by atoms with E-state index in [0.717, 1.165) is 5.56 Å². The van der Waals surface area contributed by atoms with Crippen LogP contribution in [0.25, 0.3) is 0 Å². The second-order valence-corrected chi connectivity index (χ2v) is 5.37. The molecule has 1 N–H and O–H groups in total. The van der Waals surface area contributed by atoms with Gasteiger partial charge in [0.1, 0.15) is 0 Å². The van der Waals surface area contributed by atoms with Gasteiger partial charge in [0.25, 0.3) is 0 Å². The van der Waals surface area contributed by atoms with E-state index >= 15 is 0 Å². The summed E-state index contributed by atoms with van der Waals surface area (Å²) in [6.07, 6.45) is 2.53. The van der Waals surface area contributed by atoms with Crippen LogP contribution in [0.1, 0.15) is 28.0 Å². The molecule has 0 spiro atoms. The van der Waals surface area contributed by atoms with Gasteiger partial charge in [0, 0.05) is 17.6 Å². The second-order valence-electron chi connectivity index (χ2n) is 4.93. The topological polar surface area (TPSA) is 68.3 Å². The van der Waals surface area contributed by atoms with Crippen LogP contribution >= 0.6 is 11.6 Å². The van der Waals surface area contributed by atoms with Crippen molar-refractivity contribution in [1.29, 1.82) is 0 Å². The lowest BCUT2D eigenvalue weighted by Gasteiger charge is -2.06. The third-order valence-electron chi connectivity index (χ3n) is 3.26. The van der Waals surface area contributed by atoms with Crippen LogP contribution in [0.15, 0.2) is 42.6 Å². The van der Waals surface area contributed by atoms with Crippen molar-refractivity contribution in [3.8, 4) is 0 Å². The highest BCUT2D eigenvalue weighted by Gasteiger charge is 2.08. The molecule has 0 atom stereocenters. The fourth-order valence-electron chi connectivity index (χ4n) is 2.01. The number of aromatic nitrogens is 1. The van der Waals surface area contributed by atoms with Crippen LogP contribution in [0.5, 0.6) is 0 Å². The molecule has 0 unspecified atom stereocenters. The van der Waals surface area contributed by atoms with E-state index in [-0.39, 0.29) is 12.5 Å². The van der Waals surface area contributed by atoms with Crippen LogP contribution in [0.3, 0.4) is 0 Å². The Balaban J connectivity index is 1.82. The number of carbonyl (C=O) groups is 2. The highest BCUT2D eigenvalue weighted by molar-refractivity contribution is 6.30. The lowest BCUT2D eigenvalue weighted by Crippen LogP contribution is -2.23. The molecule has 0 saturated heterocycles. The molecule has 0 bridgehead atoms. The van der Waals surface area contributed by atoms with Gasteiger partial charge in [-0.1, -0.05) is 23.7 Å². The van der Waals surface area contributed by atoms with E-state index in [4.69, 9.17) is 11.6 Å². The Morgan fingerprint density at radius 1 is 1.22 bits per heavy atom. The normalized spacial score (nSPS) is 10.2. The molecule has 0 aliphatic heterocycles. The summed E-state index contributed by atoms with van der Waals surface area (Å²) in [5, 5.41) is 3.46. The van der Waals surface area contributed by atoms with Crippen LogP contribution in [-0.2, 0) is 22.5 Å². The van der Waals surface area contributed by atoms with Crippen molar-refractivity contribution in [2.75, 3.05) is 7.11 Å². The predicted octanol–water partition coefficient (Wildman–Crippen LogP) is 2.77. The molecule has 120 valence electrons. The summed E-state index contributed by atoms with van der Waals surface area (Å²) in [5.74, 6) is -0.507. The van der Waals surface area contributed by atoms with E-state index in [1.54, 1.807) is 24.3 Å². The molecule has 2 rings (SSSR count).